The third kappa shape index (κ3) is 4.01. The van der Waals surface area contributed by atoms with Crippen molar-refractivity contribution in [1.82, 2.24) is 5.32 Å². The van der Waals surface area contributed by atoms with Crippen molar-refractivity contribution in [3.05, 3.63) is 41.7 Å². The molecular formula is C25H35FN2O2. The van der Waals surface area contributed by atoms with E-state index in [-0.39, 0.29) is 24.0 Å². The zero-order valence-electron chi connectivity index (χ0n) is 18.3. The first-order valence-electron chi connectivity index (χ1n) is 11.3. The number of carbonyl (C=O) groups is 1. The van der Waals surface area contributed by atoms with Crippen molar-refractivity contribution in [2.45, 2.75) is 76.7 Å². The number of benzene rings is 1. The number of carbonyl (C=O) groups excluding carboxylic acids is 1. The maximum Gasteiger partial charge on any atom is 0.226 e. The number of ether oxygens (including phenoxy) is 1. The van der Waals surface area contributed by atoms with Crippen molar-refractivity contribution < 1.29 is 13.9 Å². The summed E-state index contributed by atoms with van der Waals surface area (Å²) in [5, 5.41) is 3.35. The second-order valence-electron chi connectivity index (χ2n) is 10.6. The summed E-state index contributed by atoms with van der Waals surface area (Å²) in [5.41, 5.74) is 7.67. The van der Waals surface area contributed by atoms with Crippen LogP contribution in [0.5, 0.6) is 5.75 Å². The molecule has 0 heterocycles. The Kier molecular flexibility index (Phi) is 5.69. The highest BCUT2D eigenvalue weighted by molar-refractivity contribution is 5.83. The Balaban J connectivity index is 1.35. The predicted octanol–water partition coefficient (Wildman–Crippen LogP) is 4.77. The van der Waals surface area contributed by atoms with E-state index in [0.717, 1.165) is 57.1 Å². The van der Waals surface area contributed by atoms with Gasteiger partial charge in [-0.1, -0.05) is 26.0 Å². The fraction of sp³-hybridized carbons (Fsp3) is 0.640. The van der Waals surface area contributed by atoms with Crippen LogP contribution in [0, 0.1) is 10.8 Å². The van der Waals surface area contributed by atoms with Gasteiger partial charge >= 0.3 is 0 Å². The van der Waals surface area contributed by atoms with Crippen molar-refractivity contribution in [2.24, 2.45) is 16.6 Å². The summed E-state index contributed by atoms with van der Waals surface area (Å²) in [6.45, 7) is 4.88. The summed E-state index contributed by atoms with van der Waals surface area (Å²) in [7, 11) is 0. The molecule has 0 spiro atoms. The molecule has 4 aliphatic carbocycles. The van der Waals surface area contributed by atoms with E-state index in [1.807, 2.05) is 12.1 Å². The summed E-state index contributed by atoms with van der Waals surface area (Å²) in [5.74, 6) is 1.03. The van der Waals surface area contributed by atoms with E-state index in [2.05, 4.69) is 31.3 Å². The Labute approximate surface area is 179 Å². The number of fused-ring (bicyclic) bond motifs is 3. The summed E-state index contributed by atoms with van der Waals surface area (Å²) in [6.07, 6.45) is 8.86. The van der Waals surface area contributed by atoms with Crippen LogP contribution in [0.1, 0.15) is 70.8 Å². The first-order valence-corrected chi connectivity index (χ1v) is 11.3. The zero-order valence-corrected chi connectivity index (χ0v) is 18.3. The van der Waals surface area contributed by atoms with Crippen LogP contribution in [0.2, 0.25) is 0 Å². The van der Waals surface area contributed by atoms with Gasteiger partial charge in [0.25, 0.3) is 0 Å². The van der Waals surface area contributed by atoms with Gasteiger partial charge < -0.3 is 15.8 Å². The van der Waals surface area contributed by atoms with Gasteiger partial charge in [-0.25, -0.2) is 4.39 Å². The highest BCUT2D eigenvalue weighted by Gasteiger charge is 2.53. The minimum Gasteiger partial charge on any atom is -0.489 e. The molecule has 0 saturated heterocycles. The van der Waals surface area contributed by atoms with E-state index in [9.17, 15) is 9.18 Å². The first kappa shape index (κ1) is 21.4. The number of halogens is 1. The van der Waals surface area contributed by atoms with Gasteiger partial charge in [0.2, 0.25) is 5.91 Å². The Hall–Kier alpha value is -1.88. The summed E-state index contributed by atoms with van der Waals surface area (Å²) >= 11 is 0. The van der Waals surface area contributed by atoms with Crippen molar-refractivity contribution in [3.8, 4) is 5.75 Å². The number of hydrogen-bond donors (Lipinski definition) is 2. The molecule has 4 saturated carbocycles. The molecular weight excluding hydrogens is 379 g/mol. The third-order valence-corrected chi connectivity index (χ3v) is 7.97. The predicted molar refractivity (Wildman–Crippen MR) is 117 cm³/mol. The molecule has 30 heavy (non-hydrogen) atoms. The van der Waals surface area contributed by atoms with E-state index in [1.54, 1.807) is 0 Å². The van der Waals surface area contributed by atoms with Crippen LogP contribution in [-0.4, -0.2) is 25.1 Å². The Morgan fingerprint density at radius 3 is 2.23 bits per heavy atom. The molecule has 3 N–H and O–H groups in total. The van der Waals surface area contributed by atoms with E-state index in [4.69, 9.17) is 10.5 Å². The quantitative estimate of drug-likeness (QED) is 0.675. The van der Waals surface area contributed by atoms with Gasteiger partial charge in [0.05, 0.1) is 6.33 Å². The number of nitrogens with one attached hydrogen (secondary N) is 1. The van der Waals surface area contributed by atoms with Gasteiger partial charge in [0, 0.05) is 23.6 Å². The highest BCUT2D eigenvalue weighted by Crippen LogP contribution is 2.58. The van der Waals surface area contributed by atoms with Crippen LogP contribution in [0.3, 0.4) is 0 Å². The zero-order chi connectivity index (χ0) is 21.4. The SMILES string of the molecule is CC1(C)CC(NC(=O)C23CCC(c4ccc(OCC(=CF)CN)cc4)(CC2)CC3)C1. The largest absolute Gasteiger partial charge is 0.489 e. The molecule has 1 aromatic rings. The van der Waals surface area contributed by atoms with Crippen LogP contribution in [-0.2, 0) is 10.2 Å². The van der Waals surface area contributed by atoms with E-state index in [1.165, 1.54) is 5.56 Å². The van der Waals surface area contributed by atoms with Crippen LogP contribution in [0.15, 0.2) is 36.2 Å². The lowest BCUT2D eigenvalue weighted by molar-refractivity contribution is -0.140. The molecule has 4 fully saturated rings. The van der Waals surface area contributed by atoms with Gasteiger partial charge in [0.15, 0.2) is 0 Å². The number of amides is 1. The standard InChI is InChI=1S/C25H35FN2O2/c1-23(2)13-20(14-23)28-22(29)25-10-7-24(8-11-25,9-12-25)19-3-5-21(6-4-19)30-17-18(15-26)16-27/h3-6,15,20H,7-14,16-17,27H2,1-2H3,(H,28,29). The maximum atomic E-state index is 13.1. The maximum absolute atomic E-state index is 13.1. The van der Waals surface area contributed by atoms with Crippen LogP contribution in [0.25, 0.3) is 0 Å². The Bertz CT molecular complexity index is 782. The van der Waals surface area contributed by atoms with E-state index >= 15 is 0 Å². The monoisotopic (exact) mass is 414 g/mol. The van der Waals surface area contributed by atoms with Gasteiger partial charge in [-0.2, -0.15) is 0 Å². The normalized spacial score (nSPS) is 30.6. The molecule has 5 heteroatoms. The topological polar surface area (TPSA) is 64.3 Å². The number of nitrogens with two attached hydrogens (primary N) is 1. The van der Waals surface area contributed by atoms with Gasteiger partial charge in [-0.3, -0.25) is 4.79 Å². The first-order chi connectivity index (χ1) is 14.3. The molecule has 2 bridgehead atoms. The smallest absolute Gasteiger partial charge is 0.226 e. The molecule has 1 aromatic carbocycles. The molecule has 0 unspecified atom stereocenters. The van der Waals surface area contributed by atoms with Crippen LogP contribution in [0.4, 0.5) is 4.39 Å². The Morgan fingerprint density at radius 2 is 1.73 bits per heavy atom. The van der Waals surface area contributed by atoms with Crippen molar-refractivity contribution in [1.29, 1.82) is 0 Å². The second kappa shape index (κ2) is 7.99. The third-order valence-electron chi connectivity index (χ3n) is 7.97. The molecule has 4 aliphatic rings. The van der Waals surface area contributed by atoms with Crippen molar-refractivity contribution in [3.63, 3.8) is 0 Å². The molecule has 1 amide bonds. The molecule has 0 aromatic heterocycles. The average Bonchev–Trinajstić information content (AvgIpc) is 2.75. The molecule has 4 nitrogen and oxygen atoms in total. The second-order valence-corrected chi connectivity index (χ2v) is 10.6. The lowest BCUT2D eigenvalue weighted by atomic mass is 9.51. The molecule has 164 valence electrons. The van der Waals surface area contributed by atoms with Gasteiger partial charge in [-0.15, -0.1) is 0 Å². The van der Waals surface area contributed by atoms with Crippen LogP contribution < -0.4 is 15.8 Å². The van der Waals surface area contributed by atoms with Gasteiger partial charge in [0.1, 0.15) is 12.4 Å². The number of rotatable bonds is 7. The van der Waals surface area contributed by atoms with E-state index < -0.39 is 0 Å². The minimum absolute atomic E-state index is 0.151. The average molecular weight is 415 g/mol. The Morgan fingerprint density at radius 1 is 1.13 bits per heavy atom. The summed E-state index contributed by atoms with van der Waals surface area (Å²) in [6, 6.07) is 8.60. The molecule has 0 radical (unpaired) electrons. The van der Waals surface area contributed by atoms with E-state index in [0.29, 0.717) is 29.3 Å². The van der Waals surface area contributed by atoms with Crippen molar-refractivity contribution in [2.75, 3.05) is 13.2 Å². The lowest BCUT2D eigenvalue weighted by Gasteiger charge is -2.54. The van der Waals surface area contributed by atoms with Gasteiger partial charge in [-0.05, 0) is 79.9 Å². The lowest BCUT2D eigenvalue weighted by Crippen LogP contribution is -2.56. The molecule has 5 rings (SSSR count). The fourth-order valence-corrected chi connectivity index (χ4v) is 5.89. The van der Waals surface area contributed by atoms with Crippen molar-refractivity contribution >= 4 is 5.91 Å². The summed E-state index contributed by atoms with van der Waals surface area (Å²) in [4.78, 5) is 13.1. The minimum atomic E-state index is -0.151. The molecule has 0 atom stereocenters. The van der Waals surface area contributed by atoms with Crippen LogP contribution >= 0.6 is 0 Å². The number of hydrogen-bond acceptors (Lipinski definition) is 3. The molecule has 0 aliphatic heterocycles. The summed E-state index contributed by atoms with van der Waals surface area (Å²) < 4.78 is 18.3. The highest BCUT2D eigenvalue weighted by atomic mass is 19.1. The fourth-order valence-electron chi connectivity index (χ4n) is 5.89.